The second-order valence-electron chi connectivity index (χ2n) is 6.39. The summed E-state index contributed by atoms with van der Waals surface area (Å²) in [6.07, 6.45) is 0.186. The van der Waals surface area contributed by atoms with Crippen molar-refractivity contribution >= 4 is 11.6 Å². The Hall–Kier alpha value is -3.07. The summed E-state index contributed by atoms with van der Waals surface area (Å²) in [5.74, 6) is 0.539. The lowest BCUT2D eigenvalue weighted by Crippen LogP contribution is -2.30. The van der Waals surface area contributed by atoms with Crippen LogP contribution >= 0.6 is 0 Å². The molecule has 26 heavy (non-hydrogen) atoms. The Morgan fingerprint density at radius 3 is 2.46 bits per heavy atom. The van der Waals surface area contributed by atoms with E-state index in [-0.39, 0.29) is 5.91 Å². The van der Waals surface area contributed by atoms with Gasteiger partial charge in [0.1, 0.15) is 5.75 Å². The number of anilines is 1. The molecular weight excluding hydrogens is 322 g/mol. The van der Waals surface area contributed by atoms with Gasteiger partial charge in [-0.05, 0) is 55.2 Å². The van der Waals surface area contributed by atoms with Crippen LogP contribution in [0.5, 0.6) is 5.75 Å². The number of rotatable bonds is 6. The van der Waals surface area contributed by atoms with E-state index in [0.29, 0.717) is 5.75 Å². The molecular formula is C23H23NO2. The first-order valence-corrected chi connectivity index (χ1v) is 8.78. The summed E-state index contributed by atoms with van der Waals surface area (Å²) in [6, 6.07) is 25.8. The molecule has 0 saturated carbocycles. The Kier molecular flexibility index (Phi) is 5.69. The number of para-hydroxylation sites is 1. The molecule has 3 nitrogen and oxygen atoms in total. The van der Waals surface area contributed by atoms with E-state index >= 15 is 0 Å². The van der Waals surface area contributed by atoms with Gasteiger partial charge < -0.3 is 10.1 Å². The standard InChI is InChI=1S/C23H23NO2/c1-17-9-8-13-21(15-17)26-18(2)23(25)24-22-14-7-6-12-20(22)16-19-10-4-3-5-11-19/h3-15,18H,16H2,1-2H3,(H,24,25)/t18-/m0/s1. The number of amides is 1. The van der Waals surface area contributed by atoms with Crippen molar-refractivity contribution in [3.63, 3.8) is 0 Å². The summed E-state index contributed by atoms with van der Waals surface area (Å²) in [7, 11) is 0. The van der Waals surface area contributed by atoms with Gasteiger partial charge in [-0.15, -0.1) is 0 Å². The molecule has 0 heterocycles. The van der Waals surface area contributed by atoms with Crippen molar-refractivity contribution < 1.29 is 9.53 Å². The number of aryl methyl sites for hydroxylation is 1. The Labute approximate surface area is 154 Å². The Morgan fingerprint density at radius 1 is 0.962 bits per heavy atom. The second-order valence-corrected chi connectivity index (χ2v) is 6.39. The van der Waals surface area contributed by atoms with Gasteiger partial charge in [-0.25, -0.2) is 0 Å². The molecule has 0 aliphatic carbocycles. The molecule has 0 spiro atoms. The Balaban J connectivity index is 1.69. The van der Waals surface area contributed by atoms with Crippen LogP contribution in [0.3, 0.4) is 0 Å². The highest BCUT2D eigenvalue weighted by atomic mass is 16.5. The molecule has 0 unspecified atom stereocenters. The smallest absolute Gasteiger partial charge is 0.265 e. The first-order valence-electron chi connectivity index (χ1n) is 8.78. The molecule has 0 radical (unpaired) electrons. The summed E-state index contributed by atoms with van der Waals surface area (Å²) in [6.45, 7) is 3.76. The van der Waals surface area contributed by atoms with Crippen LogP contribution in [-0.4, -0.2) is 12.0 Å². The van der Waals surface area contributed by atoms with E-state index in [1.165, 1.54) is 5.56 Å². The van der Waals surface area contributed by atoms with Crippen LogP contribution in [0.15, 0.2) is 78.9 Å². The third kappa shape index (κ3) is 4.73. The van der Waals surface area contributed by atoms with Crippen LogP contribution < -0.4 is 10.1 Å². The number of benzene rings is 3. The average Bonchev–Trinajstić information content (AvgIpc) is 2.64. The number of ether oxygens (including phenoxy) is 1. The highest BCUT2D eigenvalue weighted by Crippen LogP contribution is 2.20. The lowest BCUT2D eigenvalue weighted by Gasteiger charge is -2.17. The fraction of sp³-hybridized carbons (Fsp3) is 0.174. The third-order valence-corrected chi connectivity index (χ3v) is 4.18. The lowest BCUT2D eigenvalue weighted by molar-refractivity contribution is -0.122. The van der Waals surface area contributed by atoms with Gasteiger partial charge in [0, 0.05) is 5.69 Å². The summed E-state index contributed by atoms with van der Waals surface area (Å²) < 4.78 is 5.78. The van der Waals surface area contributed by atoms with Crippen molar-refractivity contribution in [2.75, 3.05) is 5.32 Å². The van der Waals surface area contributed by atoms with Gasteiger partial charge in [0.2, 0.25) is 0 Å². The molecule has 3 rings (SSSR count). The van der Waals surface area contributed by atoms with Gasteiger partial charge in [-0.1, -0.05) is 60.7 Å². The van der Waals surface area contributed by atoms with Crippen LogP contribution in [0.4, 0.5) is 5.69 Å². The molecule has 1 atom stereocenters. The van der Waals surface area contributed by atoms with Crippen LogP contribution in [0, 0.1) is 6.92 Å². The molecule has 0 aliphatic rings. The molecule has 1 amide bonds. The molecule has 0 saturated heterocycles. The van der Waals surface area contributed by atoms with E-state index in [1.807, 2.05) is 73.7 Å². The van der Waals surface area contributed by atoms with Crippen LogP contribution in [-0.2, 0) is 11.2 Å². The predicted octanol–water partition coefficient (Wildman–Crippen LogP) is 4.99. The molecule has 0 bridgehead atoms. The molecule has 0 aliphatic heterocycles. The van der Waals surface area contributed by atoms with Gasteiger partial charge in [0.15, 0.2) is 6.10 Å². The van der Waals surface area contributed by atoms with E-state index in [2.05, 4.69) is 17.4 Å². The molecule has 3 aromatic carbocycles. The molecule has 0 aromatic heterocycles. The minimum atomic E-state index is -0.582. The number of hydrogen-bond donors (Lipinski definition) is 1. The monoisotopic (exact) mass is 345 g/mol. The zero-order valence-corrected chi connectivity index (χ0v) is 15.1. The number of carbonyl (C=O) groups is 1. The minimum Gasteiger partial charge on any atom is -0.481 e. The SMILES string of the molecule is Cc1cccc(O[C@@H](C)C(=O)Nc2ccccc2Cc2ccccc2)c1. The Morgan fingerprint density at radius 2 is 1.69 bits per heavy atom. The van der Waals surface area contributed by atoms with Crippen molar-refractivity contribution in [1.29, 1.82) is 0 Å². The normalized spacial score (nSPS) is 11.6. The molecule has 3 heteroatoms. The van der Waals surface area contributed by atoms with Crippen molar-refractivity contribution in [2.45, 2.75) is 26.4 Å². The summed E-state index contributed by atoms with van der Waals surface area (Å²) >= 11 is 0. The van der Waals surface area contributed by atoms with E-state index < -0.39 is 6.10 Å². The van der Waals surface area contributed by atoms with E-state index in [0.717, 1.165) is 23.2 Å². The van der Waals surface area contributed by atoms with Gasteiger partial charge in [0.25, 0.3) is 5.91 Å². The largest absolute Gasteiger partial charge is 0.481 e. The van der Waals surface area contributed by atoms with Crippen molar-refractivity contribution in [3.05, 3.63) is 95.6 Å². The number of carbonyl (C=O) groups excluding carboxylic acids is 1. The fourth-order valence-corrected chi connectivity index (χ4v) is 2.79. The first-order chi connectivity index (χ1) is 12.6. The zero-order chi connectivity index (χ0) is 18.4. The van der Waals surface area contributed by atoms with E-state index in [1.54, 1.807) is 6.92 Å². The number of hydrogen-bond acceptors (Lipinski definition) is 2. The van der Waals surface area contributed by atoms with Crippen molar-refractivity contribution in [1.82, 2.24) is 0 Å². The minimum absolute atomic E-state index is 0.160. The second kappa shape index (κ2) is 8.34. The van der Waals surface area contributed by atoms with Crippen LogP contribution in [0.2, 0.25) is 0 Å². The summed E-state index contributed by atoms with van der Waals surface area (Å²) in [5.41, 5.74) is 4.21. The van der Waals surface area contributed by atoms with Crippen molar-refractivity contribution in [3.8, 4) is 5.75 Å². The molecule has 132 valence electrons. The zero-order valence-electron chi connectivity index (χ0n) is 15.1. The lowest BCUT2D eigenvalue weighted by atomic mass is 10.0. The quantitative estimate of drug-likeness (QED) is 0.683. The average molecular weight is 345 g/mol. The number of nitrogens with one attached hydrogen (secondary N) is 1. The Bertz CT molecular complexity index is 874. The topological polar surface area (TPSA) is 38.3 Å². The van der Waals surface area contributed by atoms with E-state index in [4.69, 9.17) is 4.74 Å². The third-order valence-electron chi connectivity index (χ3n) is 4.18. The van der Waals surface area contributed by atoms with Crippen molar-refractivity contribution in [2.24, 2.45) is 0 Å². The maximum atomic E-state index is 12.6. The highest BCUT2D eigenvalue weighted by molar-refractivity contribution is 5.94. The fourth-order valence-electron chi connectivity index (χ4n) is 2.79. The molecule has 0 fully saturated rings. The van der Waals surface area contributed by atoms with Gasteiger partial charge in [0.05, 0.1) is 0 Å². The van der Waals surface area contributed by atoms with E-state index in [9.17, 15) is 4.79 Å². The summed E-state index contributed by atoms with van der Waals surface area (Å²) in [4.78, 5) is 12.6. The molecule has 3 aromatic rings. The summed E-state index contributed by atoms with van der Waals surface area (Å²) in [5, 5.41) is 3.00. The van der Waals surface area contributed by atoms with Gasteiger partial charge in [-0.2, -0.15) is 0 Å². The predicted molar refractivity (Wildman–Crippen MR) is 106 cm³/mol. The van der Waals surface area contributed by atoms with Crippen LogP contribution in [0.25, 0.3) is 0 Å². The van der Waals surface area contributed by atoms with Crippen LogP contribution in [0.1, 0.15) is 23.6 Å². The van der Waals surface area contributed by atoms with Gasteiger partial charge in [-0.3, -0.25) is 4.79 Å². The molecule has 1 N–H and O–H groups in total. The maximum Gasteiger partial charge on any atom is 0.265 e. The van der Waals surface area contributed by atoms with Gasteiger partial charge >= 0.3 is 0 Å². The maximum absolute atomic E-state index is 12.6. The highest BCUT2D eigenvalue weighted by Gasteiger charge is 2.16. The first kappa shape index (κ1) is 17.7.